The highest BCUT2D eigenvalue weighted by molar-refractivity contribution is 7.09. The van der Waals surface area contributed by atoms with Gasteiger partial charge in [-0.3, -0.25) is 14.5 Å². The van der Waals surface area contributed by atoms with Crippen LogP contribution in [0.5, 0.6) is 0 Å². The number of aryl methyl sites for hydroxylation is 2. The highest BCUT2D eigenvalue weighted by Crippen LogP contribution is 2.20. The normalized spacial score (nSPS) is 16.1. The molecular formula is C23H31N3O3S. The van der Waals surface area contributed by atoms with Gasteiger partial charge in [0.1, 0.15) is 0 Å². The summed E-state index contributed by atoms with van der Waals surface area (Å²) in [6, 6.07) is 10.00. The van der Waals surface area contributed by atoms with E-state index in [0.29, 0.717) is 6.54 Å². The molecule has 1 atom stereocenters. The minimum absolute atomic E-state index is 0.0272. The van der Waals surface area contributed by atoms with Gasteiger partial charge < -0.3 is 15.0 Å². The molecule has 2 aromatic rings. The summed E-state index contributed by atoms with van der Waals surface area (Å²) in [5, 5.41) is 4.99. The molecule has 0 radical (unpaired) electrons. The maximum Gasteiger partial charge on any atom is 0.243 e. The maximum absolute atomic E-state index is 12.8. The lowest BCUT2D eigenvalue weighted by atomic mass is 10.1. The molecule has 2 amide bonds. The highest BCUT2D eigenvalue weighted by Gasteiger charge is 2.23. The number of ether oxygens (including phenoxy) is 1. The van der Waals surface area contributed by atoms with Crippen LogP contribution in [-0.4, -0.2) is 61.0 Å². The van der Waals surface area contributed by atoms with Crippen LogP contribution in [0.25, 0.3) is 0 Å². The zero-order chi connectivity index (χ0) is 21.5. The first-order chi connectivity index (χ1) is 14.4. The van der Waals surface area contributed by atoms with Crippen molar-refractivity contribution in [1.29, 1.82) is 0 Å². The Balaban J connectivity index is 1.56. The third kappa shape index (κ3) is 6.39. The smallest absolute Gasteiger partial charge is 0.243 e. The number of rotatable bonds is 9. The predicted octanol–water partition coefficient (Wildman–Crippen LogP) is 3.44. The van der Waals surface area contributed by atoms with Crippen molar-refractivity contribution >= 4 is 28.8 Å². The average molecular weight is 430 g/mol. The van der Waals surface area contributed by atoms with Gasteiger partial charge in [-0.15, -0.1) is 11.3 Å². The fraction of sp³-hybridized carbons (Fsp3) is 0.478. The summed E-state index contributed by atoms with van der Waals surface area (Å²) in [5.74, 6) is -0.256. The molecule has 1 aromatic carbocycles. The molecular weight excluding hydrogens is 398 g/mol. The van der Waals surface area contributed by atoms with Crippen LogP contribution in [-0.2, 0) is 20.9 Å². The molecule has 1 aromatic heterocycles. The van der Waals surface area contributed by atoms with Crippen LogP contribution in [0.2, 0.25) is 0 Å². The topological polar surface area (TPSA) is 61.9 Å². The van der Waals surface area contributed by atoms with Gasteiger partial charge in [0.15, 0.2) is 0 Å². The minimum atomic E-state index is -0.188. The van der Waals surface area contributed by atoms with Gasteiger partial charge in [0.05, 0.1) is 19.2 Å². The lowest BCUT2D eigenvalue weighted by Crippen LogP contribution is -2.43. The van der Waals surface area contributed by atoms with Gasteiger partial charge in [-0.2, -0.15) is 0 Å². The molecule has 6 nitrogen and oxygen atoms in total. The Labute approximate surface area is 182 Å². The number of anilines is 1. The van der Waals surface area contributed by atoms with Gasteiger partial charge in [-0.05, 0) is 49.3 Å². The number of nitrogens with one attached hydrogen (secondary N) is 1. The zero-order valence-electron chi connectivity index (χ0n) is 18.0. The fourth-order valence-electron chi connectivity index (χ4n) is 3.69. The monoisotopic (exact) mass is 429 g/mol. The van der Waals surface area contributed by atoms with E-state index in [-0.39, 0.29) is 31.0 Å². The Hall–Kier alpha value is -2.22. The predicted molar refractivity (Wildman–Crippen MR) is 121 cm³/mol. The standard InChI is InChI=1S/C23H31N3O3S/c1-17-7-4-8-18(2)23(17)24-21(27)15-25(3)22(28)16-26(13-19-9-5-11-29-19)14-20-10-6-12-30-20/h4,6-8,10,12,19H,5,9,11,13-16H2,1-3H3,(H,24,27). The number of amides is 2. The summed E-state index contributed by atoms with van der Waals surface area (Å²) in [5.41, 5.74) is 2.84. The second-order valence-electron chi connectivity index (χ2n) is 7.95. The summed E-state index contributed by atoms with van der Waals surface area (Å²) in [6.45, 7) is 6.46. The van der Waals surface area contributed by atoms with E-state index in [1.165, 1.54) is 9.78 Å². The van der Waals surface area contributed by atoms with Crippen molar-refractivity contribution in [2.75, 3.05) is 38.6 Å². The quantitative estimate of drug-likeness (QED) is 0.663. The van der Waals surface area contributed by atoms with Crippen molar-refractivity contribution in [1.82, 2.24) is 9.80 Å². The number of hydrogen-bond donors (Lipinski definition) is 1. The molecule has 1 unspecified atom stereocenters. The van der Waals surface area contributed by atoms with Crippen LogP contribution >= 0.6 is 11.3 Å². The number of benzene rings is 1. The zero-order valence-corrected chi connectivity index (χ0v) is 18.8. The molecule has 1 N–H and O–H groups in total. The van der Waals surface area contributed by atoms with Gasteiger partial charge in [0, 0.05) is 37.3 Å². The van der Waals surface area contributed by atoms with Crippen molar-refractivity contribution in [3.05, 3.63) is 51.7 Å². The lowest BCUT2D eigenvalue weighted by Gasteiger charge is -2.26. The van der Waals surface area contributed by atoms with E-state index in [9.17, 15) is 9.59 Å². The highest BCUT2D eigenvalue weighted by atomic mass is 32.1. The molecule has 1 fully saturated rings. The molecule has 162 valence electrons. The molecule has 30 heavy (non-hydrogen) atoms. The van der Waals surface area contributed by atoms with Crippen molar-refractivity contribution in [2.24, 2.45) is 0 Å². The van der Waals surface area contributed by atoms with E-state index in [2.05, 4.69) is 16.3 Å². The molecule has 0 aliphatic carbocycles. The molecule has 2 heterocycles. The lowest BCUT2D eigenvalue weighted by molar-refractivity contribution is -0.134. The van der Waals surface area contributed by atoms with Crippen LogP contribution in [0.15, 0.2) is 35.7 Å². The van der Waals surface area contributed by atoms with Gasteiger partial charge >= 0.3 is 0 Å². The van der Waals surface area contributed by atoms with Crippen molar-refractivity contribution in [2.45, 2.75) is 39.3 Å². The van der Waals surface area contributed by atoms with E-state index in [4.69, 9.17) is 4.74 Å². The number of carbonyl (C=O) groups excluding carboxylic acids is 2. The van der Waals surface area contributed by atoms with Gasteiger partial charge in [0.25, 0.3) is 0 Å². The van der Waals surface area contributed by atoms with E-state index in [1.807, 2.05) is 43.5 Å². The summed E-state index contributed by atoms with van der Waals surface area (Å²) in [6.07, 6.45) is 2.28. The average Bonchev–Trinajstić information content (AvgIpc) is 3.39. The first-order valence-electron chi connectivity index (χ1n) is 10.4. The maximum atomic E-state index is 12.8. The molecule has 0 spiro atoms. The Kier molecular flexibility index (Phi) is 8.01. The number of nitrogens with zero attached hydrogens (tertiary/aromatic N) is 2. The van der Waals surface area contributed by atoms with E-state index in [0.717, 1.165) is 42.8 Å². The Morgan fingerprint density at radius 2 is 1.93 bits per heavy atom. The molecule has 1 saturated heterocycles. The molecule has 0 bridgehead atoms. The van der Waals surface area contributed by atoms with Crippen molar-refractivity contribution in [3.63, 3.8) is 0 Å². The molecule has 7 heteroatoms. The second kappa shape index (κ2) is 10.7. The number of likely N-dealkylation sites (N-methyl/N-ethyl adjacent to an activating group) is 1. The fourth-order valence-corrected chi connectivity index (χ4v) is 4.44. The Bertz CT molecular complexity index is 827. The minimum Gasteiger partial charge on any atom is -0.377 e. The first-order valence-corrected chi connectivity index (χ1v) is 11.3. The van der Waals surface area contributed by atoms with E-state index in [1.54, 1.807) is 18.4 Å². The summed E-state index contributed by atoms with van der Waals surface area (Å²) >= 11 is 1.69. The van der Waals surface area contributed by atoms with Crippen molar-refractivity contribution in [3.8, 4) is 0 Å². The van der Waals surface area contributed by atoms with E-state index >= 15 is 0 Å². The van der Waals surface area contributed by atoms with Crippen LogP contribution in [0.1, 0.15) is 28.8 Å². The molecule has 3 rings (SSSR count). The first kappa shape index (κ1) is 22.5. The molecule has 1 aliphatic heterocycles. The summed E-state index contributed by atoms with van der Waals surface area (Å²) < 4.78 is 5.77. The molecule has 1 aliphatic rings. The third-order valence-electron chi connectivity index (χ3n) is 5.36. The molecule has 0 saturated carbocycles. The van der Waals surface area contributed by atoms with Crippen LogP contribution in [0, 0.1) is 13.8 Å². The van der Waals surface area contributed by atoms with Gasteiger partial charge in [-0.1, -0.05) is 24.3 Å². The van der Waals surface area contributed by atoms with Crippen LogP contribution < -0.4 is 5.32 Å². The Morgan fingerprint density at radius 3 is 2.57 bits per heavy atom. The number of hydrogen-bond acceptors (Lipinski definition) is 5. The Morgan fingerprint density at radius 1 is 1.17 bits per heavy atom. The number of carbonyl (C=O) groups is 2. The SMILES string of the molecule is Cc1cccc(C)c1NC(=O)CN(C)C(=O)CN(Cc1cccs1)CC1CCCO1. The third-order valence-corrected chi connectivity index (χ3v) is 6.22. The van der Waals surface area contributed by atoms with Gasteiger partial charge in [0.2, 0.25) is 11.8 Å². The van der Waals surface area contributed by atoms with Gasteiger partial charge in [-0.25, -0.2) is 0 Å². The van der Waals surface area contributed by atoms with Crippen molar-refractivity contribution < 1.29 is 14.3 Å². The van der Waals surface area contributed by atoms with Crippen LogP contribution in [0.4, 0.5) is 5.69 Å². The second-order valence-corrected chi connectivity index (χ2v) is 8.98. The largest absolute Gasteiger partial charge is 0.377 e. The number of para-hydroxylation sites is 1. The number of thiophene rings is 1. The van der Waals surface area contributed by atoms with Crippen LogP contribution in [0.3, 0.4) is 0 Å². The summed E-state index contributed by atoms with van der Waals surface area (Å²) in [4.78, 5) is 30.2. The van der Waals surface area contributed by atoms with E-state index < -0.39 is 0 Å². The summed E-state index contributed by atoms with van der Waals surface area (Å²) in [7, 11) is 1.68.